The number of benzene rings is 1. The molecule has 2 rings (SSSR count). The quantitative estimate of drug-likeness (QED) is 0.777. The average Bonchev–Trinajstić information content (AvgIpc) is 2.53. The molecule has 0 unspecified atom stereocenters. The normalized spacial score (nSPS) is 14.1. The fourth-order valence-electron chi connectivity index (χ4n) is 1.44. The zero-order valence-corrected chi connectivity index (χ0v) is 8.73. The third-order valence-corrected chi connectivity index (χ3v) is 2.17. The second-order valence-corrected chi connectivity index (χ2v) is 3.42. The maximum absolute atomic E-state index is 11.0. The summed E-state index contributed by atoms with van der Waals surface area (Å²) in [6.45, 7) is 0.703. The average molecular weight is 223 g/mol. The van der Waals surface area contributed by atoms with E-state index >= 15 is 0 Å². The third-order valence-electron chi connectivity index (χ3n) is 2.17. The number of fused-ring (bicyclic) bond motifs is 1. The van der Waals surface area contributed by atoms with Gasteiger partial charge in [0.15, 0.2) is 11.5 Å². The maximum Gasteiger partial charge on any atom is 0.250 e. The van der Waals surface area contributed by atoms with Crippen molar-refractivity contribution in [1.29, 1.82) is 0 Å². The minimum absolute atomic E-state index is 0.450. The molecule has 1 aliphatic heterocycles. The zero-order valence-electron chi connectivity index (χ0n) is 8.73. The molecule has 2 N–H and O–H groups in total. The first-order valence-corrected chi connectivity index (χ1v) is 5.10. The lowest BCUT2D eigenvalue weighted by Crippen LogP contribution is -2.15. The Morgan fingerprint density at radius 2 is 2.06 bits per heavy atom. The summed E-state index contributed by atoms with van der Waals surface area (Å²) in [5.41, 5.74) is 0.586. The van der Waals surface area contributed by atoms with Crippen molar-refractivity contribution in [2.24, 2.45) is 0 Å². The molecular formula is C11H13NO4. The van der Waals surface area contributed by atoms with E-state index in [0.29, 0.717) is 30.4 Å². The number of anilines is 1. The van der Waals surface area contributed by atoms with Gasteiger partial charge in [0.2, 0.25) is 5.91 Å². The molecule has 0 bridgehead atoms. The molecule has 16 heavy (non-hydrogen) atoms. The molecule has 0 saturated heterocycles. The van der Waals surface area contributed by atoms with Gasteiger partial charge in [-0.1, -0.05) is 0 Å². The number of carbonyl (C=O) groups is 1. The molecule has 0 fully saturated rings. The van der Waals surface area contributed by atoms with Crippen LogP contribution in [0.2, 0.25) is 0 Å². The van der Waals surface area contributed by atoms with Crippen LogP contribution < -0.4 is 14.8 Å². The van der Waals surface area contributed by atoms with Crippen LogP contribution in [0.25, 0.3) is 0 Å². The monoisotopic (exact) mass is 223 g/mol. The van der Waals surface area contributed by atoms with Gasteiger partial charge in [0.05, 0.1) is 13.2 Å². The molecule has 0 saturated carbocycles. The van der Waals surface area contributed by atoms with E-state index in [4.69, 9.17) is 14.6 Å². The highest BCUT2D eigenvalue weighted by Crippen LogP contribution is 2.32. The summed E-state index contributed by atoms with van der Waals surface area (Å²) in [7, 11) is 0. The van der Waals surface area contributed by atoms with Gasteiger partial charge in [-0.3, -0.25) is 4.79 Å². The summed E-state index contributed by atoms with van der Waals surface area (Å²) in [4.78, 5) is 11.0. The van der Waals surface area contributed by atoms with Gasteiger partial charge in [-0.05, 0) is 12.1 Å². The summed E-state index contributed by atoms with van der Waals surface area (Å²) in [6, 6.07) is 5.14. The lowest BCUT2D eigenvalue weighted by molar-refractivity contribution is -0.118. The van der Waals surface area contributed by atoms with Gasteiger partial charge in [-0.25, -0.2) is 0 Å². The number of nitrogens with one attached hydrogen (secondary N) is 1. The van der Waals surface area contributed by atoms with Crippen LogP contribution in [-0.2, 0) is 4.79 Å². The van der Waals surface area contributed by atoms with Gasteiger partial charge in [0.25, 0.3) is 0 Å². The smallest absolute Gasteiger partial charge is 0.250 e. The third kappa shape index (κ3) is 2.43. The number of hydrogen-bond acceptors (Lipinski definition) is 4. The van der Waals surface area contributed by atoms with Crippen molar-refractivity contribution in [2.75, 3.05) is 25.1 Å². The molecule has 1 heterocycles. The van der Waals surface area contributed by atoms with Crippen LogP contribution in [0.15, 0.2) is 18.2 Å². The fraction of sp³-hybridized carbons (Fsp3) is 0.364. The number of carbonyl (C=O) groups excluding carboxylic acids is 1. The molecular weight excluding hydrogens is 210 g/mol. The van der Waals surface area contributed by atoms with Crippen molar-refractivity contribution in [3.05, 3.63) is 18.2 Å². The molecule has 1 aromatic rings. The minimum atomic E-state index is -0.533. The number of aliphatic hydroxyl groups is 1. The molecule has 0 atom stereocenters. The van der Waals surface area contributed by atoms with E-state index in [2.05, 4.69) is 5.32 Å². The van der Waals surface area contributed by atoms with Crippen molar-refractivity contribution >= 4 is 11.6 Å². The van der Waals surface area contributed by atoms with Crippen LogP contribution in [0.5, 0.6) is 11.5 Å². The highest BCUT2D eigenvalue weighted by atomic mass is 16.5. The predicted molar refractivity (Wildman–Crippen MR) is 57.8 cm³/mol. The number of amides is 1. The second-order valence-electron chi connectivity index (χ2n) is 3.42. The van der Waals surface area contributed by atoms with Crippen LogP contribution in [0.1, 0.15) is 6.42 Å². The number of rotatable bonds is 2. The molecule has 86 valence electrons. The predicted octanol–water partition coefficient (Wildman–Crippen LogP) is 0.779. The van der Waals surface area contributed by atoms with E-state index in [1.54, 1.807) is 18.2 Å². The van der Waals surface area contributed by atoms with Crippen LogP contribution in [0.3, 0.4) is 0 Å². The molecule has 0 radical (unpaired) electrons. The lowest BCUT2D eigenvalue weighted by Gasteiger charge is -2.09. The Bertz CT molecular complexity index is 392. The minimum Gasteiger partial charge on any atom is -0.490 e. The van der Waals surface area contributed by atoms with Crippen molar-refractivity contribution in [2.45, 2.75) is 6.42 Å². The molecule has 5 heteroatoms. The summed E-state index contributed by atoms with van der Waals surface area (Å²) >= 11 is 0. The number of hydrogen-bond donors (Lipinski definition) is 2. The van der Waals surface area contributed by atoms with Crippen LogP contribution >= 0.6 is 0 Å². The van der Waals surface area contributed by atoms with E-state index in [1.807, 2.05) is 0 Å². The van der Waals surface area contributed by atoms with Gasteiger partial charge in [0, 0.05) is 18.2 Å². The van der Waals surface area contributed by atoms with Crippen LogP contribution in [-0.4, -0.2) is 30.8 Å². The Morgan fingerprint density at radius 3 is 2.81 bits per heavy atom. The number of aliphatic hydroxyl groups excluding tert-OH is 1. The van der Waals surface area contributed by atoms with E-state index in [0.717, 1.165) is 6.42 Å². The highest BCUT2D eigenvalue weighted by Gasteiger charge is 2.11. The first kappa shape index (κ1) is 10.8. The van der Waals surface area contributed by atoms with Crippen molar-refractivity contribution in [3.8, 4) is 11.5 Å². The van der Waals surface area contributed by atoms with Gasteiger partial charge >= 0.3 is 0 Å². The summed E-state index contributed by atoms with van der Waals surface area (Å²) in [5, 5.41) is 11.1. The highest BCUT2D eigenvalue weighted by molar-refractivity contribution is 5.91. The molecule has 1 amide bonds. The van der Waals surface area contributed by atoms with E-state index in [1.165, 1.54) is 0 Å². The molecule has 1 aliphatic rings. The van der Waals surface area contributed by atoms with Crippen molar-refractivity contribution in [3.63, 3.8) is 0 Å². The van der Waals surface area contributed by atoms with Crippen molar-refractivity contribution < 1.29 is 19.4 Å². The Hall–Kier alpha value is -1.75. The molecule has 0 spiro atoms. The maximum atomic E-state index is 11.0. The van der Waals surface area contributed by atoms with Crippen molar-refractivity contribution in [1.82, 2.24) is 0 Å². The Balaban J connectivity index is 2.17. The SMILES string of the molecule is O=C(CO)Nc1ccc2c(c1)OCCCO2. The topological polar surface area (TPSA) is 67.8 Å². The first-order chi connectivity index (χ1) is 7.79. The van der Waals surface area contributed by atoms with Gasteiger partial charge in [-0.2, -0.15) is 0 Å². The van der Waals surface area contributed by atoms with Crippen LogP contribution in [0.4, 0.5) is 5.69 Å². The Morgan fingerprint density at radius 1 is 1.31 bits per heavy atom. The van der Waals surface area contributed by atoms with Gasteiger partial charge < -0.3 is 19.9 Å². The van der Waals surface area contributed by atoms with E-state index in [9.17, 15) is 4.79 Å². The Kier molecular flexibility index (Phi) is 3.26. The second kappa shape index (κ2) is 4.85. The zero-order chi connectivity index (χ0) is 11.4. The molecule has 1 aromatic carbocycles. The van der Waals surface area contributed by atoms with E-state index < -0.39 is 12.5 Å². The first-order valence-electron chi connectivity index (χ1n) is 5.10. The van der Waals surface area contributed by atoms with Gasteiger partial charge in [0.1, 0.15) is 6.61 Å². The summed E-state index contributed by atoms with van der Waals surface area (Å²) in [6.07, 6.45) is 0.840. The summed E-state index contributed by atoms with van der Waals surface area (Å²) < 4.78 is 10.9. The van der Waals surface area contributed by atoms with E-state index in [-0.39, 0.29) is 0 Å². The molecule has 0 aliphatic carbocycles. The lowest BCUT2D eigenvalue weighted by atomic mass is 10.2. The molecule has 0 aromatic heterocycles. The largest absolute Gasteiger partial charge is 0.490 e. The number of ether oxygens (including phenoxy) is 2. The Labute approximate surface area is 93.0 Å². The fourth-order valence-corrected chi connectivity index (χ4v) is 1.44. The standard InChI is InChI=1S/C11H13NO4/c13-7-11(14)12-8-2-3-9-10(6-8)16-5-1-4-15-9/h2-3,6,13H,1,4-5,7H2,(H,12,14). The molecule has 5 nitrogen and oxygen atoms in total. The van der Waals surface area contributed by atoms with Crippen LogP contribution in [0, 0.1) is 0 Å². The van der Waals surface area contributed by atoms with Gasteiger partial charge in [-0.15, -0.1) is 0 Å². The summed E-state index contributed by atoms with van der Waals surface area (Å²) in [5.74, 6) is 0.849.